The molecule has 0 spiro atoms. The van der Waals surface area contributed by atoms with Gasteiger partial charge in [-0.1, -0.05) is 0 Å². The van der Waals surface area contributed by atoms with E-state index in [9.17, 15) is 18.0 Å². The molecule has 1 aliphatic heterocycles. The van der Waals surface area contributed by atoms with Gasteiger partial charge in [-0.05, 0) is 75.7 Å². The number of amides is 1. The summed E-state index contributed by atoms with van der Waals surface area (Å²) in [6.07, 6.45) is 5.80. The molecule has 0 radical (unpaired) electrons. The van der Waals surface area contributed by atoms with Crippen LogP contribution in [-0.4, -0.2) is 59.4 Å². The molecule has 1 amide bonds. The number of rotatable bonds is 7. The molecule has 1 heterocycles. The van der Waals surface area contributed by atoms with Crippen molar-refractivity contribution in [1.82, 2.24) is 10.6 Å². The molecule has 8 nitrogen and oxygen atoms in total. The molecule has 1 saturated heterocycles. The zero-order chi connectivity index (χ0) is 22.4. The summed E-state index contributed by atoms with van der Waals surface area (Å²) < 4.78 is 35.3. The van der Waals surface area contributed by atoms with Gasteiger partial charge in [0.2, 0.25) is 0 Å². The number of carbonyl (C=O) groups excluding carboxylic acids is 2. The van der Waals surface area contributed by atoms with Crippen molar-refractivity contribution < 1.29 is 27.5 Å². The van der Waals surface area contributed by atoms with Gasteiger partial charge in [-0.25, -0.2) is 8.42 Å². The lowest BCUT2D eigenvalue weighted by atomic mass is 9.86. The number of sulfone groups is 1. The molecule has 2 aliphatic rings. The topological polar surface area (TPSA) is 111 Å². The van der Waals surface area contributed by atoms with E-state index in [1.807, 2.05) is 0 Å². The predicted octanol–water partition coefficient (Wildman–Crippen LogP) is 2.35. The summed E-state index contributed by atoms with van der Waals surface area (Å²) >= 11 is 0. The minimum Gasteiger partial charge on any atom is -0.492 e. The summed E-state index contributed by atoms with van der Waals surface area (Å²) in [6, 6.07) is 4.51. The fourth-order valence-electron chi connectivity index (χ4n) is 4.22. The molecule has 0 aromatic heterocycles. The van der Waals surface area contributed by atoms with Crippen molar-refractivity contribution >= 4 is 34.1 Å². The van der Waals surface area contributed by atoms with E-state index in [1.165, 1.54) is 13.2 Å². The molecule has 2 fully saturated rings. The number of piperidine rings is 1. The molecule has 0 atom stereocenters. The number of hydrogen-bond donors (Lipinski definition) is 2. The van der Waals surface area contributed by atoms with E-state index in [0.717, 1.165) is 32.2 Å². The van der Waals surface area contributed by atoms with Crippen molar-refractivity contribution in [3.8, 4) is 5.75 Å². The Bertz CT molecular complexity index is 894. The number of esters is 1. The lowest BCUT2D eigenvalue weighted by molar-refractivity contribution is -0.146. The van der Waals surface area contributed by atoms with Gasteiger partial charge in [0.25, 0.3) is 5.91 Å². The first-order valence-electron chi connectivity index (χ1n) is 10.8. The molecule has 1 aromatic rings. The van der Waals surface area contributed by atoms with E-state index in [4.69, 9.17) is 9.47 Å². The first kappa shape index (κ1) is 26.4. The zero-order valence-electron chi connectivity index (χ0n) is 18.6. The highest BCUT2D eigenvalue weighted by molar-refractivity contribution is 7.90. The molecule has 1 aromatic carbocycles. The second-order valence-electron chi connectivity index (χ2n) is 8.48. The third-order valence-corrected chi connectivity index (χ3v) is 7.25. The Balaban J connectivity index is 0.00000363. The second-order valence-corrected chi connectivity index (χ2v) is 10.5. The first-order valence-corrected chi connectivity index (χ1v) is 12.7. The summed E-state index contributed by atoms with van der Waals surface area (Å²) in [4.78, 5) is 24.4. The molecule has 3 rings (SSSR count). The summed E-state index contributed by atoms with van der Waals surface area (Å²) in [5, 5.41) is 6.25. The monoisotopic (exact) mass is 488 g/mol. The van der Waals surface area contributed by atoms with Crippen molar-refractivity contribution in [2.24, 2.45) is 11.8 Å². The molecular weight excluding hydrogens is 456 g/mol. The summed E-state index contributed by atoms with van der Waals surface area (Å²) in [7, 11) is -2.18. The molecule has 180 valence electrons. The van der Waals surface area contributed by atoms with Crippen molar-refractivity contribution in [3.63, 3.8) is 0 Å². The van der Waals surface area contributed by atoms with Crippen LogP contribution in [0.4, 0.5) is 0 Å². The fraction of sp³-hybridized carbons (Fsp3) is 0.636. The van der Waals surface area contributed by atoms with Crippen LogP contribution in [-0.2, 0) is 19.4 Å². The normalized spacial score (nSPS) is 21.8. The van der Waals surface area contributed by atoms with Crippen LogP contribution in [0.3, 0.4) is 0 Å². The van der Waals surface area contributed by atoms with Gasteiger partial charge in [0.05, 0.1) is 19.6 Å². The van der Waals surface area contributed by atoms with Crippen LogP contribution in [0.25, 0.3) is 0 Å². The quantitative estimate of drug-likeness (QED) is 0.566. The first-order chi connectivity index (χ1) is 14.8. The van der Waals surface area contributed by atoms with Crippen LogP contribution in [0.15, 0.2) is 23.1 Å². The molecule has 0 bridgehead atoms. The Morgan fingerprint density at radius 3 is 2.34 bits per heavy atom. The van der Waals surface area contributed by atoms with Crippen molar-refractivity contribution in [1.29, 1.82) is 0 Å². The standard InChI is InChI=1S/C22H32N2O6S.ClH/c1-29-22(26)16-3-6-18(7-4-16)24-21(25)17-5-8-19(20(13-17)31(2,27)28)30-14-15-9-11-23-12-10-15;/h5,8,13,15-16,18,23H,3-4,6-7,9-12,14H2,1-2H3,(H,24,25);1H. The van der Waals surface area contributed by atoms with Crippen molar-refractivity contribution in [2.75, 3.05) is 33.1 Å². The predicted molar refractivity (Wildman–Crippen MR) is 123 cm³/mol. The van der Waals surface area contributed by atoms with Gasteiger partial charge < -0.3 is 20.1 Å². The van der Waals surface area contributed by atoms with E-state index < -0.39 is 9.84 Å². The zero-order valence-corrected chi connectivity index (χ0v) is 20.2. The number of ether oxygens (including phenoxy) is 2. The second kappa shape index (κ2) is 11.9. The minimum absolute atomic E-state index is 0. The van der Waals surface area contributed by atoms with Crippen LogP contribution in [0.2, 0.25) is 0 Å². The van der Waals surface area contributed by atoms with Crippen LogP contribution < -0.4 is 15.4 Å². The molecule has 2 N–H and O–H groups in total. The maximum absolute atomic E-state index is 12.7. The highest BCUT2D eigenvalue weighted by atomic mass is 35.5. The van der Waals surface area contributed by atoms with Crippen molar-refractivity contribution in [3.05, 3.63) is 23.8 Å². The SMILES string of the molecule is COC(=O)C1CCC(NC(=O)c2ccc(OCC3CCNCC3)c(S(C)(=O)=O)c2)CC1.Cl. The van der Waals surface area contributed by atoms with E-state index in [2.05, 4.69) is 10.6 Å². The van der Waals surface area contributed by atoms with Gasteiger partial charge in [0, 0.05) is 17.9 Å². The molecule has 10 heteroatoms. The molecule has 1 aliphatic carbocycles. The maximum atomic E-state index is 12.7. The lowest BCUT2D eigenvalue weighted by Crippen LogP contribution is -2.39. The van der Waals surface area contributed by atoms with Crippen LogP contribution in [0.1, 0.15) is 48.9 Å². The Hall–Kier alpha value is -1.84. The maximum Gasteiger partial charge on any atom is 0.308 e. The number of benzene rings is 1. The number of nitrogens with one attached hydrogen (secondary N) is 2. The number of halogens is 1. The van der Waals surface area contributed by atoms with Crippen LogP contribution in [0, 0.1) is 11.8 Å². The number of hydrogen-bond acceptors (Lipinski definition) is 7. The minimum atomic E-state index is -3.56. The van der Waals surface area contributed by atoms with E-state index in [1.54, 1.807) is 12.1 Å². The van der Waals surface area contributed by atoms with Crippen LogP contribution >= 0.6 is 12.4 Å². The van der Waals surface area contributed by atoms with Gasteiger partial charge in [-0.15, -0.1) is 12.4 Å². The smallest absolute Gasteiger partial charge is 0.308 e. The van der Waals surface area contributed by atoms with E-state index >= 15 is 0 Å². The van der Waals surface area contributed by atoms with Gasteiger partial charge in [-0.2, -0.15) is 0 Å². The molecular formula is C22H33ClN2O6S. The Kier molecular flexibility index (Phi) is 9.79. The summed E-state index contributed by atoms with van der Waals surface area (Å²) in [5.41, 5.74) is 0.282. The summed E-state index contributed by atoms with van der Waals surface area (Å²) in [5.74, 6) is 0.0262. The molecule has 1 saturated carbocycles. The van der Waals surface area contributed by atoms with Crippen LogP contribution in [0.5, 0.6) is 5.75 Å². The lowest BCUT2D eigenvalue weighted by Gasteiger charge is -2.27. The largest absolute Gasteiger partial charge is 0.492 e. The Morgan fingerprint density at radius 1 is 1.09 bits per heavy atom. The highest BCUT2D eigenvalue weighted by Crippen LogP contribution is 2.28. The fourth-order valence-corrected chi connectivity index (χ4v) is 5.06. The van der Waals surface area contributed by atoms with Gasteiger partial charge in [-0.3, -0.25) is 9.59 Å². The highest BCUT2D eigenvalue weighted by Gasteiger charge is 2.28. The molecule has 32 heavy (non-hydrogen) atoms. The molecule has 0 unspecified atom stereocenters. The summed E-state index contributed by atoms with van der Waals surface area (Å²) in [6.45, 7) is 2.33. The van der Waals surface area contributed by atoms with Crippen molar-refractivity contribution in [2.45, 2.75) is 49.5 Å². The van der Waals surface area contributed by atoms with Gasteiger partial charge >= 0.3 is 5.97 Å². The number of carbonyl (C=O) groups is 2. The third kappa shape index (κ3) is 7.08. The third-order valence-electron chi connectivity index (χ3n) is 6.14. The Morgan fingerprint density at radius 2 is 1.75 bits per heavy atom. The number of methoxy groups -OCH3 is 1. The van der Waals surface area contributed by atoms with E-state index in [0.29, 0.717) is 38.2 Å². The Labute approximate surface area is 196 Å². The average Bonchev–Trinajstić information content (AvgIpc) is 2.77. The van der Waals surface area contributed by atoms with Gasteiger partial charge in [0.1, 0.15) is 10.6 Å². The average molecular weight is 489 g/mol. The van der Waals surface area contributed by atoms with E-state index in [-0.39, 0.29) is 52.5 Å². The van der Waals surface area contributed by atoms with Gasteiger partial charge in [0.15, 0.2) is 9.84 Å².